The standard InChI is InChI=1S/C11H24N4O/c12-11(13,15-7-3-4-8-15)10(16)9-14-5-1-2-6-14/h10,16H,1-9,12-13H2. The first-order chi connectivity index (χ1) is 7.60. The van der Waals surface area contributed by atoms with Gasteiger partial charge in [-0.1, -0.05) is 0 Å². The molecule has 0 aromatic rings. The Morgan fingerprint density at radius 2 is 1.50 bits per heavy atom. The Balaban J connectivity index is 1.87. The minimum atomic E-state index is -1.06. The minimum Gasteiger partial charge on any atom is -0.387 e. The van der Waals surface area contributed by atoms with Gasteiger partial charge in [-0.25, -0.2) is 0 Å². The molecule has 0 aliphatic carbocycles. The van der Waals surface area contributed by atoms with Gasteiger partial charge in [0.2, 0.25) is 0 Å². The summed E-state index contributed by atoms with van der Waals surface area (Å²) in [6.07, 6.45) is 4.04. The van der Waals surface area contributed by atoms with Crippen LogP contribution < -0.4 is 11.5 Å². The maximum absolute atomic E-state index is 10.2. The van der Waals surface area contributed by atoms with E-state index in [1.807, 2.05) is 4.90 Å². The van der Waals surface area contributed by atoms with Gasteiger partial charge < -0.3 is 10.0 Å². The molecule has 5 N–H and O–H groups in total. The highest BCUT2D eigenvalue weighted by atomic mass is 16.3. The zero-order chi connectivity index (χ0) is 11.6. The van der Waals surface area contributed by atoms with E-state index in [2.05, 4.69) is 4.90 Å². The van der Waals surface area contributed by atoms with Gasteiger partial charge in [0.1, 0.15) is 11.9 Å². The first-order valence-electron chi connectivity index (χ1n) is 6.34. The average Bonchev–Trinajstić information content (AvgIpc) is 2.89. The maximum atomic E-state index is 10.2. The molecule has 2 aliphatic rings. The molecule has 1 unspecified atom stereocenters. The lowest BCUT2D eigenvalue weighted by atomic mass is 10.1. The summed E-state index contributed by atoms with van der Waals surface area (Å²) < 4.78 is 0. The Morgan fingerprint density at radius 1 is 1.00 bits per heavy atom. The molecule has 2 heterocycles. The molecule has 16 heavy (non-hydrogen) atoms. The molecule has 5 nitrogen and oxygen atoms in total. The van der Waals surface area contributed by atoms with Crippen molar-refractivity contribution in [1.29, 1.82) is 0 Å². The molecule has 0 aromatic carbocycles. The van der Waals surface area contributed by atoms with Crippen LogP contribution in [-0.4, -0.2) is 59.5 Å². The van der Waals surface area contributed by atoms with Crippen LogP contribution in [-0.2, 0) is 0 Å². The van der Waals surface area contributed by atoms with E-state index in [1.165, 1.54) is 12.8 Å². The van der Waals surface area contributed by atoms with E-state index in [0.717, 1.165) is 39.0 Å². The average molecular weight is 228 g/mol. The van der Waals surface area contributed by atoms with E-state index in [4.69, 9.17) is 11.5 Å². The number of β-amino-alcohol motifs (C(OH)–C–C–N with tert-alkyl or cyclic N) is 1. The van der Waals surface area contributed by atoms with Gasteiger partial charge in [0, 0.05) is 19.6 Å². The van der Waals surface area contributed by atoms with Gasteiger partial charge in [-0.2, -0.15) is 0 Å². The Bertz CT molecular complexity index is 222. The van der Waals surface area contributed by atoms with Crippen molar-refractivity contribution in [2.75, 3.05) is 32.7 Å². The van der Waals surface area contributed by atoms with Gasteiger partial charge in [-0.3, -0.25) is 16.4 Å². The molecule has 0 aromatic heterocycles. The highest BCUT2D eigenvalue weighted by Crippen LogP contribution is 2.18. The minimum absolute atomic E-state index is 0.601. The molecular weight excluding hydrogens is 204 g/mol. The van der Waals surface area contributed by atoms with E-state index in [1.54, 1.807) is 0 Å². The number of nitrogens with zero attached hydrogens (tertiary/aromatic N) is 2. The fourth-order valence-electron chi connectivity index (χ4n) is 2.67. The fourth-order valence-corrected chi connectivity index (χ4v) is 2.67. The number of hydrogen-bond donors (Lipinski definition) is 3. The molecule has 2 aliphatic heterocycles. The van der Waals surface area contributed by atoms with E-state index >= 15 is 0 Å². The highest BCUT2D eigenvalue weighted by Gasteiger charge is 2.38. The van der Waals surface area contributed by atoms with Crippen LogP contribution in [0.2, 0.25) is 0 Å². The van der Waals surface area contributed by atoms with Crippen LogP contribution in [0.15, 0.2) is 0 Å². The molecule has 94 valence electrons. The third-order valence-corrected chi connectivity index (χ3v) is 3.82. The summed E-state index contributed by atoms with van der Waals surface area (Å²) in [6.45, 7) is 4.54. The zero-order valence-corrected chi connectivity index (χ0v) is 9.94. The van der Waals surface area contributed by atoms with Gasteiger partial charge in [-0.15, -0.1) is 0 Å². The lowest BCUT2D eigenvalue weighted by Gasteiger charge is -2.39. The molecule has 2 fully saturated rings. The van der Waals surface area contributed by atoms with E-state index in [-0.39, 0.29) is 0 Å². The molecule has 0 radical (unpaired) electrons. The maximum Gasteiger partial charge on any atom is 0.149 e. The SMILES string of the molecule is NC(N)(C(O)CN1CCCC1)N1CCCC1. The third kappa shape index (κ3) is 2.55. The zero-order valence-electron chi connectivity index (χ0n) is 9.94. The summed E-state index contributed by atoms with van der Waals surface area (Å²) in [5.41, 5.74) is 12.1. The van der Waals surface area contributed by atoms with Crippen molar-refractivity contribution in [3.63, 3.8) is 0 Å². The van der Waals surface area contributed by atoms with Gasteiger partial charge in [-0.05, 0) is 38.8 Å². The topological polar surface area (TPSA) is 78.7 Å². The Morgan fingerprint density at radius 3 is 2.06 bits per heavy atom. The summed E-state index contributed by atoms with van der Waals surface area (Å²) in [7, 11) is 0. The Kier molecular flexibility index (Phi) is 3.81. The largest absolute Gasteiger partial charge is 0.387 e. The van der Waals surface area contributed by atoms with Crippen molar-refractivity contribution in [3.8, 4) is 0 Å². The van der Waals surface area contributed by atoms with Crippen molar-refractivity contribution < 1.29 is 5.11 Å². The van der Waals surface area contributed by atoms with Gasteiger partial charge in [0.25, 0.3) is 0 Å². The highest BCUT2D eigenvalue weighted by molar-refractivity contribution is 4.90. The fraction of sp³-hybridized carbons (Fsp3) is 1.00. The predicted octanol–water partition coefficient (Wildman–Crippen LogP) is -0.890. The number of aliphatic hydroxyl groups is 1. The van der Waals surface area contributed by atoms with E-state index < -0.39 is 11.9 Å². The number of nitrogens with two attached hydrogens (primary N) is 2. The lowest BCUT2D eigenvalue weighted by Crippen LogP contribution is -2.71. The molecular formula is C11H24N4O. The first kappa shape index (κ1) is 12.3. The van der Waals surface area contributed by atoms with Crippen LogP contribution in [0, 0.1) is 0 Å². The predicted molar refractivity (Wildman–Crippen MR) is 63.6 cm³/mol. The van der Waals surface area contributed by atoms with Crippen LogP contribution in [0.4, 0.5) is 0 Å². The van der Waals surface area contributed by atoms with Crippen molar-refractivity contribution in [2.45, 2.75) is 37.6 Å². The van der Waals surface area contributed by atoms with Crippen molar-refractivity contribution in [2.24, 2.45) is 11.5 Å². The second-order valence-corrected chi connectivity index (χ2v) is 5.10. The van der Waals surface area contributed by atoms with E-state index in [9.17, 15) is 5.11 Å². The molecule has 5 heteroatoms. The molecule has 0 bridgehead atoms. The van der Waals surface area contributed by atoms with Crippen LogP contribution in [0.1, 0.15) is 25.7 Å². The summed E-state index contributed by atoms with van der Waals surface area (Å²) in [6, 6.07) is 0. The monoisotopic (exact) mass is 228 g/mol. The molecule has 0 saturated carbocycles. The van der Waals surface area contributed by atoms with Crippen molar-refractivity contribution >= 4 is 0 Å². The Labute approximate surface area is 97.4 Å². The van der Waals surface area contributed by atoms with Crippen molar-refractivity contribution in [1.82, 2.24) is 9.80 Å². The van der Waals surface area contributed by atoms with E-state index in [0.29, 0.717) is 6.54 Å². The number of hydrogen-bond acceptors (Lipinski definition) is 5. The summed E-state index contributed by atoms with van der Waals surface area (Å²) in [4.78, 5) is 4.25. The van der Waals surface area contributed by atoms with Crippen molar-refractivity contribution in [3.05, 3.63) is 0 Å². The van der Waals surface area contributed by atoms with Gasteiger partial charge in [0.15, 0.2) is 0 Å². The number of aliphatic hydroxyl groups excluding tert-OH is 1. The summed E-state index contributed by atoms with van der Waals surface area (Å²) in [5.74, 6) is -1.06. The lowest BCUT2D eigenvalue weighted by molar-refractivity contribution is -0.0291. The van der Waals surface area contributed by atoms with Gasteiger partial charge in [0.05, 0.1) is 0 Å². The summed E-state index contributed by atoms with van der Waals surface area (Å²) >= 11 is 0. The number of rotatable bonds is 4. The second-order valence-electron chi connectivity index (χ2n) is 5.10. The quantitative estimate of drug-likeness (QED) is 0.544. The van der Waals surface area contributed by atoms with Crippen LogP contribution in [0.5, 0.6) is 0 Å². The molecule has 0 amide bonds. The van der Waals surface area contributed by atoms with Gasteiger partial charge >= 0.3 is 0 Å². The molecule has 2 saturated heterocycles. The second kappa shape index (κ2) is 4.98. The van der Waals surface area contributed by atoms with Crippen LogP contribution >= 0.6 is 0 Å². The van der Waals surface area contributed by atoms with Crippen LogP contribution in [0.25, 0.3) is 0 Å². The summed E-state index contributed by atoms with van der Waals surface area (Å²) in [5, 5.41) is 10.2. The third-order valence-electron chi connectivity index (χ3n) is 3.82. The van der Waals surface area contributed by atoms with Crippen LogP contribution in [0.3, 0.4) is 0 Å². The molecule has 1 atom stereocenters. The molecule has 2 rings (SSSR count). The Hall–Kier alpha value is -0.200. The smallest absolute Gasteiger partial charge is 0.149 e. The first-order valence-corrected chi connectivity index (χ1v) is 6.34. The molecule has 0 spiro atoms. The number of likely N-dealkylation sites (tertiary alicyclic amines) is 2. The normalized spacial score (nSPS) is 26.4.